The van der Waals surface area contributed by atoms with Crippen molar-refractivity contribution >= 4 is 17.7 Å². The Labute approximate surface area is 86.6 Å². The average Bonchev–Trinajstić information content (AvgIpc) is 2.12. The van der Waals surface area contributed by atoms with E-state index >= 15 is 0 Å². The quantitative estimate of drug-likeness (QED) is 0.376. The molecule has 0 fully saturated rings. The van der Waals surface area contributed by atoms with Gasteiger partial charge in [0.1, 0.15) is 0 Å². The number of aliphatic carboxylic acids is 1. The molecule has 0 bridgehead atoms. The van der Waals surface area contributed by atoms with Crippen LogP contribution in [0.2, 0.25) is 0 Å². The molecular weight excluding hydrogens is 202 g/mol. The number of amides is 1. The van der Waals surface area contributed by atoms with Gasteiger partial charge in [-0.15, -0.1) is 0 Å². The van der Waals surface area contributed by atoms with Gasteiger partial charge in [-0.25, -0.2) is 4.79 Å². The van der Waals surface area contributed by atoms with Crippen LogP contribution in [0.4, 0.5) is 0 Å². The predicted octanol–water partition coefficient (Wildman–Crippen LogP) is -2.05. The third-order valence-electron chi connectivity index (χ3n) is 2.00. The topological polar surface area (TPSA) is 149 Å². The molecule has 0 saturated carbocycles. The highest BCUT2D eigenvalue weighted by Crippen LogP contribution is 2.13. The van der Waals surface area contributed by atoms with E-state index in [9.17, 15) is 14.4 Å². The van der Waals surface area contributed by atoms with Gasteiger partial charge in [0.2, 0.25) is 5.91 Å². The van der Waals surface area contributed by atoms with Crippen molar-refractivity contribution in [2.75, 3.05) is 0 Å². The minimum absolute atomic E-state index is 0.277. The second-order valence-corrected chi connectivity index (χ2v) is 3.40. The van der Waals surface area contributed by atoms with Crippen molar-refractivity contribution in [3.63, 3.8) is 0 Å². The SMILES string of the molecule is CC(N)C(=O)C(N)(CCC(N)=O)C(=O)O. The number of hydrogen-bond acceptors (Lipinski definition) is 5. The van der Waals surface area contributed by atoms with Gasteiger partial charge in [-0.1, -0.05) is 0 Å². The smallest absolute Gasteiger partial charge is 0.331 e. The molecule has 0 aliphatic heterocycles. The van der Waals surface area contributed by atoms with E-state index in [0.29, 0.717) is 0 Å². The maximum atomic E-state index is 11.4. The summed E-state index contributed by atoms with van der Waals surface area (Å²) < 4.78 is 0. The third-order valence-corrected chi connectivity index (χ3v) is 2.00. The van der Waals surface area contributed by atoms with Crippen LogP contribution >= 0.6 is 0 Å². The van der Waals surface area contributed by atoms with Crippen LogP contribution in [0.1, 0.15) is 19.8 Å². The Hall–Kier alpha value is -1.47. The van der Waals surface area contributed by atoms with E-state index in [1.54, 1.807) is 0 Å². The van der Waals surface area contributed by atoms with Crippen molar-refractivity contribution in [1.29, 1.82) is 0 Å². The lowest BCUT2D eigenvalue weighted by Gasteiger charge is -2.24. The molecule has 86 valence electrons. The van der Waals surface area contributed by atoms with Gasteiger partial charge in [0.05, 0.1) is 6.04 Å². The monoisotopic (exact) mass is 217 g/mol. The van der Waals surface area contributed by atoms with E-state index < -0.39 is 29.2 Å². The number of carboxylic acids is 1. The van der Waals surface area contributed by atoms with Crippen molar-refractivity contribution in [2.45, 2.75) is 31.3 Å². The molecule has 0 radical (unpaired) electrons. The van der Waals surface area contributed by atoms with E-state index in [1.807, 2.05) is 0 Å². The van der Waals surface area contributed by atoms with Gasteiger partial charge in [0.15, 0.2) is 11.3 Å². The Bertz CT molecular complexity index is 290. The van der Waals surface area contributed by atoms with Crippen LogP contribution in [-0.4, -0.2) is 34.3 Å². The van der Waals surface area contributed by atoms with Crippen LogP contribution in [0.5, 0.6) is 0 Å². The molecular formula is C8H15N3O4. The van der Waals surface area contributed by atoms with Gasteiger partial charge >= 0.3 is 5.97 Å². The first-order chi connectivity index (χ1) is 6.71. The summed E-state index contributed by atoms with van der Waals surface area (Å²) in [6, 6.07) is -1.00. The summed E-state index contributed by atoms with van der Waals surface area (Å²) in [7, 11) is 0. The number of primary amides is 1. The second kappa shape index (κ2) is 4.85. The molecule has 0 saturated heterocycles. The van der Waals surface area contributed by atoms with Gasteiger partial charge in [-0.3, -0.25) is 9.59 Å². The molecule has 0 aliphatic rings. The number of nitrogens with two attached hydrogens (primary N) is 3. The predicted molar refractivity (Wildman–Crippen MR) is 51.6 cm³/mol. The zero-order valence-corrected chi connectivity index (χ0v) is 8.40. The first kappa shape index (κ1) is 13.5. The number of carbonyl (C=O) groups is 3. The molecule has 1 amide bonds. The molecule has 0 aromatic rings. The summed E-state index contributed by atoms with van der Waals surface area (Å²) in [6.07, 6.45) is -0.626. The highest BCUT2D eigenvalue weighted by molar-refractivity contribution is 6.09. The number of Topliss-reactive ketones (excluding diaryl/α,β-unsaturated/α-hetero) is 1. The van der Waals surface area contributed by atoms with E-state index in [2.05, 4.69) is 0 Å². The molecule has 15 heavy (non-hydrogen) atoms. The summed E-state index contributed by atoms with van der Waals surface area (Å²) in [5, 5.41) is 8.81. The summed E-state index contributed by atoms with van der Waals surface area (Å²) in [4.78, 5) is 32.8. The van der Waals surface area contributed by atoms with Gasteiger partial charge in [-0.2, -0.15) is 0 Å². The first-order valence-electron chi connectivity index (χ1n) is 4.32. The maximum Gasteiger partial charge on any atom is 0.331 e. The van der Waals surface area contributed by atoms with Gasteiger partial charge in [0, 0.05) is 6.42 Å². The maximum absolute atomic E-state index is 11.4. The van der Waals surface area contributed by atoms with Crippen LogP contribution < -0.4 is 17.2 Å². The Morgan fingerprint density at radius 2 is 1.87 bits per heavy atom. The Balaban J connectivity index is 4.82. The van der Waals surface area contributed by atoms with Gasteiger partial charge in [0.25, 0.3) is 0 Å². The van der Waals surface area contributed by atoms with Crippen molar-refractivity contribution < 1.29 is 19.5 Å². The van der Waals surface area contributed by atoms with Gasteiger partial charge < -0.3 is 22.3 Å². The van der Waals surface area contributed by atoms with Crippen molar-refractivity contribution in [1.82, 2.24) is 0 Å². The Morgan fingerprint density at radius 3 is 2.13 bits per heavy atom. The summed E-state index contributed by atoms with van der Waals surface area (Å²) in [6.45, 7) is 1.33. The number of hydrogen-bond donors (Lipinski definition) is 4. The zero-order chi connectivity index (χ0) is 12.2. The molecule has 0 rings (SSSR count). The molecule has 2 unspecified atom stereocenters. The Kier molecular flexibility index (Phi) is 4.38. The van der Waals surface area contributed by atoms with E-state index in [0.717, 1.165) is 0 Å². The lowest BCUT2D eigenvalue weighted by Crippen LogP contribution is -2.59. The normalized spacial score (nSPS) is 16.5. The fourth-order valence-electron chi connectivity index (χ4n) is 1.06. The lowest BCUT2D eigenvalue weighted by molar-refractivity contribution is -0.149. The standard InChI is InChI=1S/C8H15N3O4/c1-4(9)6(13)8(11,7(14)15)3-2-5(10)12/h4H,2-3,9,11H2,1H3,(H2,10,12)(H,14,15). The molecule has 7 N–H and O–H groups in total. The summed E-state index contributed by atoms with van der Waals surface area (Å²) in [5.74, 6) is -3.05. The summed E-state index contributed by atoms with van der Waals surface area (Å²) in [5.41, 5.74) is 13.4. The number of rotatable bonds is 6. The fraction of sp³-hybridized carbons (Fsp3) is 0.625. The number of carbonyl (C=O) groups excluding carboxylic acids is 2. The Morgan fingerprint density at radius 1 is 1.40 bits per heavy atom. The molecule has 0 aliphatic carbocycles. The highest BCUT2D eigenvalue weighted by Gasteiger charge is 2.43. The molecule has 2 atom stereocenters. The second-order valence-electron chi connectivity index (χ2n) is 3.40. The molecule has 7 heteroatoms. The molecule has 0 aromatic carbocycles. The molecule has 7 nitrogen and oxygen atoms in total. The minimum Gasteiger partial charge on any atom is -0.480 e. The molecule has 0 heterocycles. The van der Waals surface area contributed by atoms with E-state index in [1.165, 1.54) is 6.92 Å². The van der Waals surface area contributed by atoms with Crippen LogP contribution in [0.25, 0.3) is 0 Å². The largest absolute Gasteiger partial charge is 0.480 e. The minimum atomic E-state index is -2.14. The van der Waals surface area contributed by atoms with Crippen LogP contribution in [0.3, 0.4) is 0 Å². The van der Waals surface area contributed by atoms with E-state index in [4.69, 9.17) is 22.3 Å². The first-order valence-corrected chi connectivity index (χ1v) is 4.32. The van der Waals surface area contributed by atoms with E-state index in [-0.39, 0.29) is 12.8 Å². The van der Waals surface area contributed by atoms with Crippen LogP contribution in [0.15, 0.2) is 0 Å². The van der Waals surface area contributed by atoms with Crippen LogP contribution in [0, 0.1) is 0 Å². The lowest BCUT2D eigenvalue weighted by atomic mass is 9.86. The van der Waals surface area contributed by atoms with Crippen molar-refractivity contribution in [2.24, 2.45) is 17.2 Å². The fourth-order valence-corrected chi connectivity index (χ4v) is 1.06. The zero-order valence-electron chi connectivity index (χ0n) is 8.40. The highest BCUT2D eigenvalue weighted by atomic mass is 16.4. The van der Waals surface area contributed by atoms with Crippen molar-refractivity contribution in [3.8, 4) is 0 Å². The van der Waals surface area contributed by atoms with Gasteiger partial charge in [-0.05, 0) is 13.3 Å². The summed E-state index contributed by atoms with van der Waals surface area (Å²) >= 11 is 0. The molecule has 0 aromatic heterocycles. The average molecular weight is 217 g/mol. The number of carboxylic acid groups (broad SMARTS) is 1. The van der Waals surface area contributed by atoms with Crippen LogP contribution in [-0.2, 0) is 14.4 Å². The van der Waals surface area contributed by atoms with Crippen molar-refractivity contribution in [3.05, 3.63) is 0 Å². The molecule has 0 spiro atoms. The number of ketones is 1. The third kappa shape index (κ3) is 3.30.